The molecule has 1 heterocycles. The van der Waals surface area contributed by atoms with Crippen LogP contribution in [0.5, 0.6) is 0 Å². The maximum absolute atomic E-state index is 13.7. The molecule has 148 valence electrons. The zero-order valence-electron chi connectivity index (χ0n) is 15.3. The lowest BCUT2D eigenvalue weighted by atomic mass is 10.2. The van der Waals surface area contributed by atoms with E-state index in [2.05, 4.69) is 20.6 Å². The van der Waals surface area contributed by atoms with Crippen LogP contribution in [0.15, 0.2) is 54.7 Å². The van der Waals surface area contributed by atoms with Crippen molar-refractivity contribution in [3.63, 3.8) is 0 Å². The lowest BCUT2D eigenvalue weighted by Gasteiger charge is -2.09. The van der Waals surface area contributed by atoms with E-state index in [1.165, 1.54) is 18.3 Å². The highest BCUT2D eigenvalue weighted by molar-refractivity contribution is 6.03. The minimum absolute atomic E-state index is 0.0895. The van der Waals surface area contributed by atoms with Gasteiger partial charge in [0.25, 0.3) is 5.91 Å². The normalized spacial score (nSPS) is 10.3. The minimum Gasteiger partial charge on any atom is -0.462 e. The number of amides is 1. The summed E-state index contributed by atoms with van der Waals surface area (Å²) < 4.78 is 32.3. The van der Waals surface area contributed by atoms with Gasteiger partial charge in [-0.05, 0) is 49.4 Å². The Hall–Kier alpha value is -3.88. The Balaban J connectivity index is 1.72. The van der Waals surface area contributed by atoms with E-state index in [-0.39, 0.29) is 18.2 Å². The van der Waals surface area contributed by atoms with Crippen molar-refractivity contribution >= 4 is 29.2 Å². The molecular formula is C20H16F2N4O3. The highest BCUT2D eigenvalue weighted by atomic mass is 19.1. The Morgan fingerprint density at radius 2 is 1.72 bits per heavy atom. The van der Waals surface area contributed by atoms with Crippen molar-refractivity contribution in [2.75, 3.05) is 17.2 Å². The first-order chi connectivity index (χ1) is 14.0. The van der Waals surface area contributed by atoms with Crippen LogP contribution in [0.4, 0.5) is 26.1 Å². The molecule has 0 fully saturated rings. The van der Waals surface area contributed by atoms with Crippen molar-refractivity contribution in [1.82, 2.24) is 9.97 Å². The molecule has 0 aliphatic rings. The van der Waals surface area contributed by atoms with Crippen molar-refractivity contribution in [3.8, 4) is 0 Å². The van der Waals surface area contributed by atoms with Crippen molar-refractivity contribution in [1.29, 1.82) is 0 Å². The van der Waals surface area contributed by atoms with Crippen LogP contribution < -0.4 is 10.6 Å². The number of anilines is 3. The number of nitrogens with one attached hydrogen (secondary N) is 2. The van der Waals surface area contributed by atoms with E-state index in [0.29, 0.717) is 11.3 Å². The molecule has 0 aliphatic heterocycles. The number of rotatable bonds is 6. The third-order valence-corrected chi connectivity index (χ3v) is 3.74. The molecule has 3 rings (SSSR count). The average molecular weight is 398 g/mol. The van der Waals surface area contributed by atoms with Crippen LogP contribution in [0.3, 0.4) is 0 Å². The SMILES string of the molecule is CCOC(=O)c1ccc(Nc2nccc(C(=O)Nc3c(F)cccc3F)n2)cc1. The van der Waals surface area contributed by atoms with Crippen molar-refractivity contribution in [2.45, 2.75) is 6.92 Å². The molecule has 29 heavy (non-hydrogen) atoms. The molecule has 1 amide bonds. The first-order valence-corrected chi connectivity index (χ1v) is 8.60. The number of ether oxygens (including phenoxy) is 1. The van der Waals surface area contributed by atoms with E-state index in [1.54, 1.807) is 31.2 Å². The summed E-state index contributed by atoms with van der Waals surface area (Å²) in [5.74, 6) is -2.93. The highest BCUT2D eigenvalue weighted by Crippen LogP contribution is 2.19. The first-order valence-electron chi connectivity index (χ1n) is 8.60. The molecule has 0 bridgehead atoms. The summed E-state index contributed by atoms with van der Waals surface area (Å²) in [7, 11) is 0. The molecule has 0 radical (unpaired) electrons. The Labute approximate surface area is 164 Å². The number of esters is 1. The Morgan fingerprint density at radius 1 is 1.03 bits per heavy atom. The van der Waals surface area contributed by atoms with Crippen LogP contribution in [-0.4, -0.2) is 28.5 Å². The number of para-hydroxylation sites is 1. The van der Waals surface area contributed by atoms with Crippen LogP contribution in [0.2, 0.25) is 0 Å². The van der Waals surface area contributed by atoms with Gasteiger partial charge >= 0.3 is 5.97 Å². The Bertz CT molecular complexity index is 1020. The summed E-state index contributed by atoms with van der Waals surface area (Å²) in [4.78, 5) is 32.0. The molecule has 2 aromatic carbocycles. The lowest BCUT2D eigenvalue weighted by molar-refractivity contribution is 0.0526. The fraction of sp³-hybridized carbons (Fsp3) is 0.100. The van der Waals surface area contributed by atoms with E-state index < -0.39 is 29.2 Å². The standard InChI is InChI=1S/C20H16F2N4O3/c1-2-29-19(28)12-6-8-13(9-7-12)24-20-23-11-10-16(25-20)18(27)26-17-14(21)4-3-5-15(17)22/h3-11H,2H2,1H3,(H,26,27)(H,23,24,25). The number of nitrogens with zero attached hydrogens (tertiary/aromatic N) is 2. The molecule has 9 heteroatoms. The molecule has 0 spiro atoms. The molecule has 0 saturated carbocycles. The quantitative estimate of drug-likeness (QED) is 0.611. The van der Waals surface area contributed by atoms with Crippen molar-refractivity contribution in [2.24, 2.45) is 0 Å². The second kappa shape index (κ2) is 8.87. The lowest BCUT2D eigenvalue weighted by Crippen LogP contribution is -2.16. The molecule has 0 saturated heterocycles. The molecule has 0 aliphatic carbocycles. The van der Waals surface area contributed by atoms with Crippen LogP contribution in [0.25, 0.3) is 0 Å². The van der Waals surface area contributed by atoms with Gasteiger partial charge < -0.3 is 15.4 Å². The van der Waals surface area contributed by atoms with Gasteiger partial charge in [-0.15, -0.1) is 0 Å². The summed E-state index contributed by atoms with van der Waals surface area (Å²) >= 11 is 0. The molecule has 0 unspecified atom stereocenters. The highest BCUT2D eigenvalue weighted by Gasteiger charge is 2.15. The zero-order valence-corrected chi connectivity index (χ0v) is 15.3. The van der Waals surface area contributed by atoms with Crippen LogP contribution in [0, 0.1) is 11.6 Å². The number of hydrogen-bond donors (Lipinski definition) is 2. The Kier molecular flexibility index (Phi) is 6.08. The van der Waals surface area contributed by atoms with Gasteiger partial charge in [-0.1, -0.05) is 6.07 Å². The predicted octanol–water partition coefficient (Wildman–Crippen LogP) is 3.93. The molecule has 2 N–H and O–H groups in total. The van der Waals surface area contributed by atoms with Gasteiger partial charge in [0.15, 0.2) is 0 Å². The molecular weight excluding hydrogens is 382 g/mol. The van der Waals surface area contributed by atoms with Crippen molar-refractivity contribution < 1.29 is 23.1 Å². The van der Waals surface area contributed by atoms with Gasteiger partial charge in [0, 0.05) is 11.9 Å². The molecule has 7 nitrogen and oxygen atoms in total. The van der Waals surface area contributed by atoms with E-state index in [0.717, 1.165) is 12.1 Å². The summed E-state index contributed by atoms with van der Waals surface area (Å²) in [6, 6.07) is 10.9. The summed E-state index contributed by atoms with van der Waals surface area (Å²) in [6.07, 6.45) is 1.33. The van der Waals surface area contributed by atoms with E-state index in [1.807, 2.05) is 0 Å². The summed E-state index contributed by atoms with van der Waals surface area (Å²) in [5.41, 5.74) is 0.308. The third-order valence-electron chi connectivity index (χ3n) is 3.74. The van der Waals surface area contributed by atoms with E-state index >= 15 is 0 Å². The molecule has 0 atom stereocenters. The number of aromatic nitrogens is 2. The maximum atomic E-state index is 13.7. The number of carbonyl (C=O) groups excluding carboxylic acids is 2. The van der Waals surface area contributed by atoms with Gasteiger partial charge in [0.1, 0.15) is 23.0 Å². The van der Waals surface area contributed by atoms with E-state index in [4.69, 9.17) is 4.74 Å². The summed E-state index contributed by atoms with van der Waals surface area (Å²) in [5, 5.41) is 5.04. The van der Waals surface area contributed by atoms with Gasteiger partial charge in [0.05, 0.1) is 12.2 Å². The zero-order chi connectivity index (χ0) is 20.8. The average Bonchev–Trinajstić information content (AvgIpc) is 2.71. The van der Waals surface area contributed by atoms with Crippen molar-refractivity contribution in [3.05, 3.63) is 77.6 Å². The minimum atomic E-state index is -0.896. The fourth-order valence-electron chi connectivity index (χ4n) is 2.37. The van der Waals surface area contributed by atoms with Crippen LogP contribution in [0.1, 0.15) is 27.8 Å². The fourth-order valence-corrected chi connectivity index (χ4v) is 2.37. The smallest absolute Gasteiger partial charge is 0.338 e. The number of benzene rings is 2. The topological polar surface area (TPSA) is 93.2 Å². The van der Waals surface area contributed by atoms with Crippen LogP contribution >= 0.6 is 0 Å². The Morgan fingerprint density at radius 3 is 2.38 bits per heavy atom. The van der Waals surface area contributed by atoms with Crippen LogP contribution in [-0.2, 0) is 4.74 Å². The van der Waals surface area contributed by atoms with E-state index in [9.17, 15) is 18.4 Å². The van der Waals surface area contributed by atoms with Gasteiger partial charge in [-0.3, -0.25) is 4.79 Å². The first kappa shape index (κ1) is 19.9. The number of halogens is 2. The monoisotopic (exact) mass is 398 g/mol. The van der Waals surface area contributed by atoms with Gasteiger partial charge in [-0.25, -0.2) is 23.5 Å². The third kappa shape index (κ3) is 4.89. The number of hydrogen-bond acceptors (Lipinski definition) is 6. The largest absolute Gasteiger partial charge is 0.462 e. The second-order valence-electron chi connectivity index (χ2n) is 5.74. The van der Waals surface area contributed by atoms with Gasteiger partial charge in [0.2, 0.25) is 5.95 Å². The molecule has 1 aromatic heterocycles. The predicted molar refractivity (Wildman–Crippen MR) is 102 cm³/mol. The number of carbonyl (C=O) groups is 2. The maximum Gasteiger partial charge on any atom is 0.338 e. The summed E-state index contributed by atoms with van der Waals surface area (Å²) in [6.45, 7) is 1.99. The van der Waals surface area contributed by atoms with Gasteiger partial charge in [-0.2, -0.15) is 0 Å². The second-order valence-corrected chi connectivity index (χ2v) is 5.74. The molecule has 3 aromatic rings.